The molecule has 1 aliphatic carbocycles. The van der Waals surface area contributed by atoms with Crippen molar-refractivity contribution in [2.24, 2.45) is 11.1 Å². The number of hydrogen-bond donors (Lipinski definition) is 0. The minimum Gasteiger partial charge on any atom is -0.496 e. The van der Waals surface area contributed by atoms with Crippen LogP contribution in [-0.2, 0) is 11.4 Å². The third kappa shape index (κ3) is 8.08. The Morgan fingerprint density at radius 1 is 1.03 bits per heavy atom. The number of ether oxygens (including phenoxy) is 2. The maximum Gasteiger partial charge on any atom is 0.129 e. The van der Waals surface area contributed by atoms with Crippen LogP contribution in [0.2, 0.25) is 0 Å². The molecule has 0 amide bonds. The van der Waals surface area contributed by atoms with E-state index in [0.717, 1.165) is 81.3 Å². The summed E-state index contributed by atoms with van der Waals surface area (Å²) in [5.74, 6) is 2.04. The summed E-state index contributed by atoms with van der Waals surface area (Å²) in [5.41, 5.74) is 4.77. The summed E-state index contributed by atoms with van der Waals surface area (Å²) in [6.45, 7) is 12.1. The Kier molecular flexibility index (Phi) is 10.4. The van der Waals surface area contributed by atoms with Gasteiger partial charge in [0.2, 0.25) is 0 Å². The van der Waals surface area contributed by atoms with Crippen molar-refractivity contribution in [3.05, 3.63) is 65.2 Å². The van der Waals surface area contributed by atoms with Crippen molar-refractivity contribution in [1.82, 2.24) is 9.80 Å². The van der Waals surface area contributed by atoms with Gasteiger partial charge in [0, 0.05) is 56.8 Å². The second-order valence-electron chi connectivity index (χ2n) is 10.1. The Bertz CT molecular complexity index is 1030. The largest absolute Gasteiger partial charge is 0.496 e. The van der Waals surface area contributed by atoms with Crippen molar-refractivity contribution in [2.45, 2.75) is 46.1 Å². The number of nitrogens with zero attached hydrogens (tertiary/aromatic N) is 3. The summed E-state index contributed by atoms with van der Waals surface area (Å²) in [5, 5.41) is 4.64. The van der Waals surface area contributed by atoms with Gasteiger partial charge < -0.3 is 19.2 Å². The first-order valence-corrected chi connectivity index (χ1v) is 13.9. The summed E-state index contributed by atoms with van der Waals surface area (Å²) in [7, 11) is 1.71. The fraction of sp³-hybridized carbons (Fsp3) is 0.516. The highest BCUT2D eigenvalue weighted by Gasteiger charge is 2.22. The number of oxime groups is 1. The highest BCUT2D eigenvalue weighted by atomic mass is 16.6. The molecule has 1 saturated heterocycles. The van der Waals surface area contributed by atoms with Crippen molar-refractivity contribution in [3.8, 4) is 11.5 Å². The Morgan fingerprint density at radius 3 is 2.57 bits per heavy atom. The molecular formula is C31H43N3O3. The van der Waals surface area contributed by atoms with E-state index in [-0.39, 0.29) is 0 Å². The van der Waals surface area contributed by atoms with Crippen LogP contribution in [0, 0.1) is 5.92 Å². The maximum atomic E-state index is 5.87. The summed E-state index contributed by atoms with van der Waals surface area (Å²) >= 11 is 0. The molecule has 1 unspecified atom stereocenters. The summed E-state index contributed by atoms with van der Waals surface area (Å²) < 4.78 is 11.3. The molecule has 4 rings (SSSR count). The number of rotatable bonds is 11. The molecule has 1 saturated carbocycles. The van der Waals surface area contributed by atoms with E-state index in [1.165, 1.54) is 17.6 Å². The minimum absolute atomic E-state index is 0.395. The van der Waals surface area contributed by atoms with Crippen LogP contribution in [0.15, 0.2) is 59.3 Å². The number of piperazine rings is 1. The van der Waals surface area contributed by atoms with Gasteiger partial charge in [0.1, 0.15) is 18.1 Å². The lowest BCUT2D eigenvalue weighted by molar-refractivity contribution is 0.0996. The van der Waals surface area contributed by atoms with E-state index in [4.69, 9.17) is 14.3 Å². The van der Waals surface area contributed by atoms with Crippen LogP contribution in [0.5, 0.6) is 11.5 Å². The molecule has 2 aliphatic rings. The molecule has 2 aromatic carbocycles. The molecule has 0 N–H and O–H groups in total. The first-order valence-electron chi connectivity index (χ1n) is 13.9. The van der Waals surface area contributed by atoms with Gasteiger partial charge in [-0.15, -0.1) is 0 Å². The second kappa shape index (κ2) is 14.2. The molecule has 0 bridgehead atoms. The number of allylic oxidation sites excluding steroid dienone is 1. The van der Waals surface area contributed by atoms with Crippen LogP contribution in [0.1, 0.15) is 50.7 Å². The Morgan fingerprint density at radius 2 is 1.81 bits per heavy atom. The highest BCUT2D eigenvalue weighted by molar-refractivity contribution is 6.05. The van der Waals surface area contributed by atoms with Crippen LogP contribution in [0.25, 0.3) is 6.08 Å². The predicted molar refractivity (Wildman–Crippen MR) is 151 cm³/mol. The highest BCUT2D eigenvalue weighted by Crippen LogP contribution is 2.32. The van der Waals surface area contributed by atoms with E-state index < -0.39 is 0 Å². The van der Waals surface area contributed by atoms with Gasteiger partial charge in [-0.25, -0.2) is 0 Å². The SMILES string of the molecule is CCOc1ccc(/C=C2\CCCC(C)\C2=N/OCCCN2CCN(Cc3ccccc3)CC2)c(OC)c1. The van der Waals surface area contributed by atoms with Gasteiger partial charge in [0.15, 0.2) is 0 Å². The van der Waals surface area contributed by atoms with E-state index in [1.807, 2.05) is 19.1 Å². The van der Waals surface area contributed by atoms with Gasteiger partial charge in [0.05, 0.1) is 19.4 Å². The van der Waals surface area contributed by atoms with Gasteiger partial charge in [-0.1, -0.05) is 42.4 Å². The smallest absolute Gasteiger partial charge is 0.129 e. The average Bonchev–Trinajstić information content (AvgIpc) is 2.92. The molecule has 1 atom stereocenters. The molecule has 0 spiro atoms. The van der Waals surface area contributed by atoms with Gasteiger partial charge in [-0.2, -0.15) is 0 Å². The zero-order valence-electron chi connectivity index (χ0n) is 22.8. The van der Waals surface area contributed by atoms with E-state index in [9.17, 15) is 0 Å². The second-order valence-corrected chi connectivity index (χ2v) is 10.1. The maximum absolute atomic E-state index is 5.87. The molecule has 0 aromatic heterocycles. The zero-order valence-corrected chi connectivity index (χ0v) is 22.8. The monoisotopic (exact) mass is 505 g/mol. The molecular weight excluding hydrogens is 462 g/mol. The van der Waals surface area contributed by atoms with Crippen molar-refractivity contribution in [2.75, 3.05) is 53.0 Å². The van der Waals surface area contributed by atoms with Crippen LogP contribution >= 0.6 is 0 Å². The van der Waals surface area contributed by atoms with Crippen LogP contribution in [-0.4, -0.2) is 68.6 Å². The van der Waals surface area contributed by atoms with E-state index >= 15 is 0 Å². The van der Waals surface area contributed by atoms with Crippen molar-refractivity contribution >= 4 is 11.8 Å². The van der Waals surface area contributed by atoms with E-state index in [0.29, 0.717) is 19.1 Å². The normalized spacial score (nSPS) is 21.3. The van der Waals surface area contributed by atoms with Crippen molar-refractivity contribution < 1.29 is 14.3 Å². The van der Waals surface area contributed by atoms with Crippen molar-refractivity contribution in [3.63, 3.8) is 0 Å². The van der Waals surface area contributed by atoms with Crippen LogP contribution in [0.3, 0.4) is 0 Å². The molecule has 6 nitrogen and oxygen atoms in total. The first kappa shape index (κ1) is 27.2. The lowest BCUT2D eigenvalue weighted by Gasteiger charge is -2.34. The Hall–Kier alpha value is -2.83. The van der Waals surface area contributed by atoms with Gasteiger partial charge >= 0.3 is 0 Å². The Labute approximate surface area is 222 Å². The standard InChI is InChI=1S/C31H43N3O3/c1-4-36-29-15-14-27(30(23-29)35-3)22-28-13-8-10-25(2)31(28)32-37-21-9-16-33-17-19-34(20-18-33)24-26-11-6-5-7-12-26/h5-7,11-12,14-15,22-23,25H,4,8-10,13,16-21,24H2,1-3H3/b28-22+,32-31+. The minimum atomic E-state index is 0.395. The Balaban J connectivity index is 1.26. The summed E-state index contributed by atoms with van der Waals surface area (Å²) in [4.78, 5) is 11.0. The molecule has 0 radical (unpaired) electrons. The topological polar surface area (TPSA) is 46.5 Å². The lowest BCUT2D eigenvalue weighted by atomic mass is 9.84. The summed E-state index contributed by atoms with van der Waals surface area (Å²) in [6, 6.07) is 16.8. The van der Waals surface area contributed by atoms with E-state index in [1.54, 1.807) is 7.11 Å². The predicted octanol–water partition coefficient (Wildman–Crippen LogP) is 5.88. The van der Waals surface area contributed by atoms with Crippen molar-refractivity contribution in [1.29, 1.82) is 0 Å². The van der Waals surface area contributed by atoms with Gasteiger partial charge in [-0.3, -0.25) is 4.90 Å². The summed E-state index contributed by atoms with van der Waals surface area (Å²) in [6.07, 6.45) is 6.53. The number of benzene rings is 2. The fourth-order valence-corrected chi connectivity index (χ4v) is 5.21. The third-order valence-corrected chi connectivity index (χ3v) is 7.31. The van der Waals surface area contributed by atoms with Crippen LogP contribution < -0.4 is 9.47 Å². The zero-order chi connectivity index (χ0) is 25.9. The quantitative estimate of drug-likeness (QED) is 0.282. The first-order chi connectivity index (χ1) is 18.2. The molecule has 1 heterocycles. The number of hydrogen-bond acceptors (Lipinski definition) is 6. The molecule has 37 heavy (non-hydrogen) atoms. The molecule has 1 aliphatic heterocycles. The fourth-order valence-electron chi connectivity index (χ4n) is 5.21. The third-order valence-electron chi connectivity index (χ3n) is 7.31. The average molecular weight is 506 g/mol. The molecule has 200 valence electrons. The lowest BCUT2D eigenvalue weighted by Crippen LogP contribution is -2.46. The molecule has 6 heteroatoms. The van der Waals surface area contributed by atoms with Gasteiger partial charge in [-0.05, 0) is 62.0 Å². The molecule has 2 fully saturated rings. The van der Waals surface area contributed by atoms with Gasteiger partial charge in [0.25, 0.3) is 0 Å². The van der Waals surface area contributed by atoms with Crippen LogP contribution in [0.4, 0.5) is 0 Å². The van der Waals surface area contributed by atoms with E-state index in [2.05, 4.69) is 64.4 Å². The number of methoxy groups -OCH3 is 1. The molecule has 2 aromatic rings.